The highest BCUT2D eigenvalue weighted by Gasteiger charge is 2.27. The van der Waals surface area contributed by atoms with Crippen molar-refractivity contribution < 1.29 is 8.78 Å². The van der Waals surface area contributed by atoms with Crippen LogP contribution in [0.2, 0.25) is 0 Å². The summed E-state index contributed by atoms with van der Waals surface area (Å²) in [5, 5.41) is 2.26. The van der Waals surface area contributed by atoms with Gasteiger partial charge in [-0.05, 0) is 6.92 Å². The molecule has 0 aromatic heterocycles. The lowest BCUT2D eigenvalue weighted by Gasteiger charge is -2.25. The van der Waals surface area contributed by atoms with E-state index in [-0.39, 0.29) is 18.8 Å². The molecule has 0 bridgehead atoms. The molecule has 0 aromatic carbocycles. The van der Waals surface area contributed by atoms with Gasteiger partial charge in [-0.15, -0.1) is 0 Å². The van der Waals surface area contributed by atoms with Crippen molar-refractivity contribution in [2.75, 3.05) is 18.8 Å². The van der Waals surface area contributed by atoms with Gasteiger partial charge >= 0.3 is 0 Å². The van der Waals surface area contributed by atoms with Crippen LogP contribution in [0.5, 0.6) is 0 Å². The van der Waals surface area contributed by atoms with Crippen LogP contribution in [-0.4, -0.2) is 30.4 Å². The molecule has 12 heavy (non-hydrogen) atoms. The summed E-state index contributed by atoms with van der Waals surface area (Å²) in [6.45, 7) is 0.692. The molecule has 0 aliphatic rings. The van der Waals surface area contributed by atoms with E-state index < -0.39 is 11.6 Å². The Labute approximate surface area is 76.3 Å². The van der Waals surface area contributed by atoms with E-state index in [4.69, 9.17) is 11.5 Å². The van der Waals surface area contributed by atoms with Gasteiger partial charge in [0, 0.05) is 18.8 Å². The normalized spacial score (nSPS) is 21.5. The van der Waals surface area contributed by atoms with Crippen LogP contribution in [0.15, 0.2) is 0 Å². The molecule has 0 aromatic rings. The van der Waals surface area contributed by atoms with E-state index in [0.717, 1.165) is 0 Å². The van der Waals surface area contributed by atoms with Crippen molar-refractivity contribution in [3.8, 4) is 0 Å². The number of hydrogen-bond donors (Lipinski definition) is 4. The number of halogens is 2. The molecule has 0 spiro atoms. The molecular formula is C6H15F2N3S. The fourth-order valence-corrected chi connectivity index (χ4v) is 0.571. The standard InChI is InChI=1S/C6H15F2N3S/c1-5(7,2-9)11-3-6(8,10)4-12/h11-12H,2-4,9-10H2,1H3. The summed E-state index contributed by atoms with van der Waals surface area (Å²) in [6, 6.07) is 0. The Kier molecular flexibility index (Phi) is 4.39. The van der Waals surface area contributed by atoms with Crippen molar-refractivity contribution in [3.05, 3.63) is 0 Å². The van der Waals surface area contributed by atoms with Gasteiger partial charge in [-0.2, -0.15) is 12.6 Å². The topological polar surface area (TPSA) is 64.1 Å². The van der Waals surface area contributed by atoms with Crippen LogP contribution in [0.25, 0.3) is 0 Å². The summed E-state index contributed by atoms with van der Waals surface area (Å²) in [7, 11) is 0. The summed E-state index contributed by atoms with van der Waals surface area (Å²) >= 11 is 3.67. The molecule has 0 aliphatic heterocycles. The lowest BCUT2D eigenvalue weighted by Crippen LogP contribution is -2.54. The van der Waals surface area contributed by atoms with Crippen LogP contribution < -0.4 is 16.8 Å². The lowest BCUT2D eigenvalue weighted by molar-refractivity contribution is 0.106. The third-order valence-corrected chi connectivity index (χ3v) is 1.92. The smallest absolute Gasteiger partial charge is 0.180 e. The predicted molar refractivity (Wildman–Crippen MR) is 48.4 cm³/mol. The first-order chi connectivity index (χ1) is 5.33. The van der Waals surface area contributed by atoms with Gasteiger partial charge in [-0.3, -0.25) is 11.1 Å². The Balaban J connectivity index is 3.82. The maximum atomic E-state index is 13.0. The predicted octanol–water partition coefficient (Wildman–Crippen LogP) is -0.225. The van der Waals surface area contributed by atoms with Crippen LogP contribution in [-0.2, 0) is 0 Å². The van der Waals surface area contributed by atoms with Crippen molar-refractivity contribution >= 4 is 12.6 Å². The zero-order chi connectivity index (χ0) is 9.83. The van der Waals surface area contributed by atoms with E-state index in [2.05, 4.69) is 17.9 Å². The van der Waals surface area contributed by atoms with Crippen LogP contribution in [0.1, 0.15) is 6.92 Å². The average Bonchev–Trinajstić information content (AvgIpc) is 2.02. The second-order valence-electron chi connectivity index (χ2n) is 2.95. The fourth-order valence-electron chi connectivity index (χ4n) is 0.459. The number of nitrogens with one attached hydrogen (secondary N) is 1. The minimum atomic E-state index is -1.99. The van der Waals surface area contributed by atoms with Gasteiger partial charge in [0.25, 0.3) is 0 Å². The molecule has 74 valence electrons. The summed E-state index contributed by atoms with van der Waals surface area (Å²) < 4.78 is 25.9. The third kappa shape index (κ3) is 4.87. The molecule has 6 heteroatoms. The minimum absolute atomic E-state index is 0.166. The van der Waals surface area contributed by atoms with Crippen molar-refractivity contribution in [1.29, 1.82) is 0 Å². The Morgan fingerprint density at radius 3 is 2.33 bits per heavy atom. The molecule has 3 nitrogen and oxygen atoms in total. The van der Waals surface area contributed by atoms with Gasteiger partial charge < -0.3 is 5.73 Å². The van der Waals surface area contributed by atoms with E-state index in [1.807, 2.05) is 0 Å². The van der Waals surface area contributed by atoms with Gasteiger partial charge in [-0.1, -0.05) is 0 Å². The first kappa shape index (κ1) is 12.1. The first-order valence-electron chi connectivity index (χ1n) is 3.56. The molecule has 0 heterocycles. The minimum Gasteiger partial charge on any atom is -0.326 e. The quantitative estimate of drug-likeness (QED) is 0.365. The molecule has 0 aliphatic carbocycles. The van der Waals surface area contributed by atoms with Crippen LogP contribution in [0, 0.1) is 0 Å². The molecule has 0 amide bonds. The third-order valence-electron chi connectivity index (χ3n) is 1.40. The van der Waals surface area contributed by atoms with E-state index in [9.17, 15) is 8.78 Å². The van der Waals surface area contributed by atoms with Gasteiger partial charge in [0.05, 0.1) is 0 Å². The Morgan fingerprint density at radius 2 is 2.00 bits per heavy atom. The highest BCUT2D eigenvalue weighted by Crippen LogP contribution is 2.07. The molecule has 2 atom stereocenters. The van der Waals surface area contributed by atoms with E-state index in [1.54, 1.807) is 0 Å². The number of rotatable bonds is 5. The van der Waals surface area contributed by atoms with Gasteiger partial charge in [0.2, 0.25) is 0 Å². The van der Waals surface area contributed by atoms with Gasteiger partial charge in [0.1, 0.15) is 0 Å². The molecule has 2 unspecified atom stereocenters. The molecule has 0 radical (unpaired) electrons. The molecule has 0 rings (SSSR count). The van der Waals surface area contributed by atoms with E-state index in [0.29, 0.717) is 0 Å². The van der Waals surface area contributed by atoms with Gasteiger partial charge in [0.15, 0.2) is 11.6 Å². The number of hydrogen-bond acceptors (Lipinski definition) is 4. The zero-order valence-corrected chi connectivity index (χ0v) is 7.87. The van der Waals surface area contributed by atoms with Crippen LogP contribution in [0.4, 0.5) is 8.78 Å². The second kappa shape index (κ2) is 4.36. The monoisotopic (exact) mass is 199 g/mol. The number of alkyl halides is 2. The van der Waals surface area contributed by atoms with Crippen molar-refractivity contribution in [3.63, 3.8) is 0 Å². The molecule has 5 N–H and O–H groups in total. The van der Waals surface area contributed by atoms with Crippen LogP contribution in [0.3, 0.4) is 0 Å². The SMILES string of the molecule is CC(F)(CN)NCC(N)(F)CS. The molecular weight excluding hydrogens is 184 g/mol. The maximum absolute atomic E-state index is 13.0. The molecule has 0 saturated carbocycles. The van der Waals surface area contributed by atoms with E-state index in [1.165, 1.54) is 6.92 Å². The van der Waals surface area contributed by atoms with Gasteiger partial charge in [-0.25, -0.2) is 8.78 Å². The maximum Gasteiger partial charge on any atom is 0.180 e. The van der Waals surface area contributed by atoms with Crippen LogP contribution >= 0.6 is 12.6 Å². The van der Waals surface area contributed by atoms with Crippen molar-refractivity contribution in [2.45, 2.75) is 18.5 Å². The number of thiol groups is 1. The fraction of sp³-hybridized carbons (Fsp3) is 1.00. The van der Waals surface area contributed by atoms with Crippen molar-refractivity contribution in [2.24, 2.45) is 11.5 Å². The summed E-state index contributed by atoms with van der Waals surface area (Å²) in [4.78, 5) is 0. The Hall–Kier alpha value is 0.0900. The summed E-state index contributed by atoms with van der Waals surface area (Å²) in [5.41, 5.74) is 10.1. The Morgan fingerprint density at radius 1 is 1.50 bits per heavy atom. The number of nitrogens with two attached hydrogens (primary N) is 2. The summed E-state index contributed by atoms with van der Waals surface area (Å²) in [5.74, 6) is -3.94. The molecule has 0 fully saturated rings. The Bertz CT molecular complexity index is 125. The van der Waals surface area contributed by atoms with Crippen molar-refractivity contribution in [1.82, 2.24) is 5.32 Å². The largest absolute Gasteiger partial charge is 0.326 e. The zero-order valence-electron chi connectivity index (χ0n) is 6.98. The second-order valence-corrected chi connectivity index (χ2v) is 3.26. The molecule has 0 saturated heterocycles. The highest BCUT2D eigenvalue weighted by atomic mass is 32.1. The lowest BCUT2D eigenvalue weighted by atomic mass is 10.2. The average molecular weight is 199 g/mol. The summed E-state index contributed by atoms with van der Waals surface area (Å²) in [6.07, 6.45) is 0. The highest BCUT2D eigenvalue weighted by molar-refractivity contribution is 7.80. The van der Waals surface area contributed by atoms with E-state index >= 15 is 0 Å². The first-order valence-corrected chi connectivity index (χ1v) is 4.19.